The maximum atomic E-state index is 6.11. The van der Waals surface area contributed by atoms with Crippen LogP contribution in [-0.2, 0) is 13.7 Å². The van der Waals surface area contributed by atoms with Crippen LogP contribution >= 0.6 is 34.8 Å². The van der Waals surface area contributed by atoms with E-state index in [0.29, 0.717) is 37.8 Å². The highest BCUT2D eigenvalue weighted by atomic mass is 35.5. The number of aromatic nitrogens is 4. The average Bonchev–Trinajstić information content (AvgIpc) is 2.82. The molecular weight excluding hydrogens is 335 g/mol. The quantitative estimate of drug-likeness (QED) is 0.677. The second kappa shape index (κ2) is 5.67. The Morgan fingerprint density at radius 1 is 1.19 bits per heavy atom. The van der Waals surface area contributed by atoms with Crippen molar-refractivity contribution in [3.63, 3.8) is 0 Å². The molecule has 3 aromatic rings. The molecule has 0 aliphatic rings. The lowest BCUT2D eigenvalue weighted by Gasteiger charge is -2.08. The molecular formula is C13H9Cl3N4O. The molecule has 0 unspecified atom stereocenters. The summed E-state index contributed by atoms with van der Waals surface area (Å²) in [6.45, 7) is 0.126. The molecule has 0 saturated heterocycles. The van der Waals surface area contributed by atoms with Gasteiger partial charge in [0.15, 0.2) is 11.5 Å². The van der Waals surface area contributed by atoms with E-state index in [1.54, 1.807) is 36.1 Å². The van der Waals surface area contributed by atoms with E-state index in [2.05, 4.69) is 15.1 Å². The number of aryl methyl sites for hydroxylation is 1. The highest BCUT2D eigenvalue weighted by Crippen LogP contribution is 2.28. The first-order valence-corrected chi connectivity index (χ1v) is 7.10. The van der Waals surface area contributed by atoms with E-state index in [0.717, 1.165) is 0 Å². The summed E-state index contributed by atoms with van der Waals surface area (Å²) in [4.78, 5) is 8.55. The van der Waals surface area contributed by atoms with Crippen LogP contribution in [0.3, 0.4) is 0 Å². The lowest BCUT2D eigenvalue weighted by atomic mass is 10.3. The number of hydrogen-bond donors (Lipinski definition) is 0. The number of nitrogens with zero attached hydrogens (tertiary/aromatic N) is 4. The van der Waals surface area contributed by atoms with Gasteiger partial charge in [0.25, 0.3) is 0 Å². The fraction of sp³-hybridized carbons (Fsp3) is 0.154. The maximum absolute atomic E-state index is 6.11. The average molecular weight is 344 g/mol. The molecule has 8 heteroatoms. The summed E-state index contributed by atoms with van der Waals surface area (Å²) in [7, 11) is 1.78. The molecule has 21 heavy (non-hydrogen) atoms. The Morgan fingerprint density at radius 3 is 2.81 bits per heavy atom. The lowest BCUT2D eigenvalue weighted by molar-refractivity contribution is 0.296. The van der Waals surface area contributed by atoms with Crippen molar-refractivity contribution in [2.24, 2.45) is 7.05 Å². The highest BCUT2D eigenvalue weighted by Gasteiger charge is 2.11. The minimum atomic E-state index is 0.126. The number of halogens is 3. The van der Waals surface area contributed by atoms with Gasteiger partial charge in [-0.1, -0.05) is 34.8 Å². The molecule has 5 nitrogen and oxygen atoms in total. The fourth-order valence-electron chi connectivity index (χ4n) is 1.82. The Labute approximate surface area is 135 Å². The van der Waals surface area contributed by atoms with Gasteiger partial charge in [-0.25, -0.2) is 9.97 Å². The molecule has 1 aromatic carbocycles. The van der Waals surface area contributed by atoms with Gasteiger partial charge in [-0.15, -0.1) is 0 Å². The normalized spacial score (nSPS) is 11.0. The SMILES string of the molecule is Cn1ncc2c(Cl)nc(COc3cc(Cl)ccc3Cl)nc21. The number of fused-ring (bicyclic) bond motifs is 1. The van der Waals surface area contributed by atoms with Crippen LogP contribution in [0, 0.1) is 0 Å². The van der Waals surface area contributed by atoms with E-state index in [4.69, 9.17) is 39.5 Å². The van der Waals surface area contributed by atoms with Crippen molar-refractivity contribution in [1.82, 2.24) is 19.7 Å². The van der Waals surface area contributed by atoms with Crippen LogP contribution in [0.1, 0.15) is 5.82 Å². The van der Waals surface area contributed by atoms with Crippen LogP contribution in [-0.4, -0.2) is 19.7 Å². The molecule has 0 amide bonds. The van der Waals surface area contributed by atoms with Crippen LogP contribution in [0.25, 0.3) is 11.0 Å². The summed E-state index contributed by atoms with van der Waals surface area (Å²) >= 11 is 18.0. The molecule has 0 N–H and O–H groups in total. The molecule has 0 spiro atoms. The molecule has 2 heterocycles. The third-order valence-corrected chi connectivity index (χ3v) is 3.68. The zero-order chi connectivity index (χ0) is 15.0. The van der Waals surface area contributed by atoms with E-state index in [-0.39, 0.29) is 6.61 Å². The summed E-state index contributed by atoms with van der Waals surface area (Å²) in [5.74, 6) is 0.904. The van der Waals surface area contributed by atoms with Crippen molar-refractivity contribution in [3.8, 4) is 5.75 Å². The van der Waals surface area contributed by atoms with Gasteiger partial charge in [-0.3, -0.25) is 4.68 Å². The Morgan fingerprint density at radius 2 is 2.00 bits per heavy atom. The van der Waals surface area contributed by atoms with Gasteiger partial charge in [-0.2, -0.15) is 5.10 Å². The first-order chi connectivity index (χ1) is 10.0. The van der Waals surface area contributed by atoms with Gasteiger partial charge in [0.2, 0.25) is 0 Å². The van der Waals surface area contributed by atoms with Crippen LogP contribution in [0.5, 0.6) is 5.75 Å². The van der Waals surface area contributed by atoms with Crippen LogP contribution in [0.4, 0.5) is 0 Å². The minimum absolute atomic E-state index is 0.126. The summed E-state index contributed by atoms with van der Waals surface area (Å²) in [6, 6.07) is 4.98. The van der Waals surface area contributed by atoms with Crippen molar-refractivity contribution in [2.75, 3.05) is 0 Å². The summed E-state index contributed by atoms with van der Waals surface area (Å²) in [5.41, 5.74) is 0.644. The van der Waals surface area contributed by atoms with E-state index in [1.165, 1.54) is 0 Å². The Kier molecular flexibility index (Phi) is 3.89. The van der Waals surface area contributed by atoms with Gasteiger partial charge >= 0.3 is 0 Å². The molecule has 0 saturated carbocycles. The third kappa shape index (κ3) is 2.90. The van der Waals surface area contributed by atoms with E-state index in [9.17, 15) is 0 Å². The summed E-state index contributed by atoms with van der Waals surface area (Å²) < 4.78 is 7.22. The van der Waals surface area contributed by atoms with Gasteiger partial charge in [-0.05, 0) is 12.1 Å². The van der Waals surface area contributed by atoms with Crippen molar-refractivity contribution in [1.29, 1.82) is 0 Å². The molecule has 2 aromatic heterocycles. The van der Waals surface area contributed by atoms with Crippen LogP contribution in [0.2, 0.25) is 15.2 Å². The van der Waals surface area contributed by atoms with E-state index >= 15 is 0 Å². The largest absolute Gasteiger partial charge is 0.484 e. The first kappa shape index (κ1) is 14.4. The number of rotatable bonds is 3. The first-order valence-electron chi connectivity index (χ1n) is 5.96. The molecule has 0 aliphatic heterocycles. The smallest absolute Gasteiger partial charge is 0.170 e. The monoisotopic (exact) mass is 342 g/mol. The van der Waals surface area contributed by atoms with Crippen LogP contribution in [0.15, 0.2) is 24.4 Å². The Balaban J connectivity index is 1.88. The minimum Gasteiger partial charge on any atom is -0.484 e. The zero-order valence-electron chi connectivity index (χ0n) is 10.8. The molecule has 0 radical (unpaired) electrons. The zero-order valence-corrected chi connectivity index (χ0v) is 13.1. The maximum Gasteiger partial charge on any atom is 0.170 e. The lowest BCUT2D eigenvalue weighted by Crippen LogP contribution is -2.04. The topological polar surface area (TPSA) is 52.8 Å². The van der Waals surface area contributed by atoms with Gasteiger partial charge in [0, 0.05) is 18.1 Å². The van der Waals surface area contributed by atoms with Gasteiger partial charge < -0.3 is 4.74 Å². The molecule has 3 rings (SSSR count). The predicted molar refractivity (Wildman–Crippen MR) is 82.1 cm³/mol. The predicted octanol–water partition coefficient (Wildman–Crippen LogP) is 3.90. The van der Waals surface area contributed by atoms with Crippen molar-refractivity contribution in [3.05, 3.63) is 45.4 Å². The second-order valence-corrected chi connectivity index (χ2v) is 5.50. The summed E-state index contributed by atoms with van der Waals surface area (Å²) in [5, 5.41) is 6.13. The van der Waals surface area contributed by atoms with Crippen molar-refractivity contribution < 1.29 is 4.74 Å². The standard InChI is InChI=1S/C13H9Cl3N4O/c1-20-13-8(5-17-20)12(16)18-11(19-13)6-21-10-4-7(14)2-3-9(10)15/h2-5H,6H2,1H3. The molecule has 0 bridgehead atoms. The molecule has 0 atom stereocenters. The van der Waals surface area contributed by atoms with Gasteiger partial charge in [0.05, 0.1) is 16.6 Å². The molecule has 0 aliphatic carbocycles. The van der Waals surface area contributed by atoms with Crippen molar-refractivity contribution >= 4 is 45.8 Å². The van der Waals surface area contributed by atoms with E-state index in [1.807, 2.05) is 0 Å². The Hall–Kier alpha value is -1.56. The van der Waals surface area contributed by atoms with Crippen molar-refractivity contribution in [2.45, 2.75) is 6.61 Å². The number of ether oxygens (including phenoxy) is 1. The Bertz CT molecular complexity index is 819. The number of hydrogen-bond acceptors (Lipinski definition) is 4. The van der Waals surface area contributed by atoms with E-state index < -0.39 is 0 Å². The number of benzene rings is 1. The highest BCUT2D eigenvalue weighted by molar-refractivity contribution is 6.34. The third-order valence-electron chi connectivity index (χ3n) is 2.84. The molecule has 0 fully saturated rings. The fourth-order valence-corrected chi connectivity index (χ4v) is 2.39. The summed E-state index contributed by atoms with van der Waals surface area (Å²) in [6.07, 6.45) is 1.62. The van der Waals surface area contributed by atoms with Crippen LogP contribution < -0.4 is 4.74 Å². The van der Waals surface area contributed by atoms with Gasteiger partial charge in [0.1, 0.15) is 17.5 Å². The second-order valence-electron chi connectivity index (χ2n) is 4.30. The molecule has 108 valence electrons.